The van der Waals surface area contributed by atoms with Gasteiger partial charge >= 0.3 is 0 Å². The molecule has 0 bridgehead atoms. The van der Waals surface area contributed by atoms with E-state index in [4.69, 9.17) is 4.74 Å². The number of amides is 1. The summed E-state index contributed by atoms with van der Waals surface area (Å²) in [6, 6.07) is 10.4. The summed E-state index contributed by atoms with van der Waals surface area (Å²) >= 11 is 0. The quantitative estimate of drug-likeness (QED) is 0.813. The molecule has 0 aliphatic carbocycles. The lowest BCUT2D eigenvalue weighted by atomic mass is 10.2. The van der Waals surface area contributed by atoms with Crippen LogP contribution in [0, 0.1) is 0 Å². The Hall–Kier alpha value is -1.69. The van der Waals surface area contributed by atoms with Crippen LogP contribution in [0.5, 0.6) is 0 Å². The highest BCUT2D eigenvalue weighted by Crippen LogP contribution is 2.11. The van der Waals surface area contributed by atoms with Gasteiger partial charge in [0, 0.05) is 45.8 Å². The zero-order valence-electron chi connectivity index (χ0n) is 15.1. The number of hydrogen-bond donors (Lipinski definition) is 0. The zero-order chi connectivity index (χ0) is 17.5. The van der Waals surface area contributed by atoms with Crippen molar-refractivity contribution in [3.63, 3.8) is 0 Å². The molecule has 0 saturated carbocycles. The van der Waals surface area contributed by atoms with Crippen molar-refractivity contribution in [1.82, 2.24) is 14.7 Å². The van der Waals surface area contributed by atoms with Crippen molar-refractivity contribution in [3.8, 4) is 0 Å². The number of morpholine rings is 1. The van der Waals surface area contributed by atoms with Crippen molar-refractivity contribution in [1.29, 1.82) is 0 Å². The van der Waals surface area contributed by atoms with E-state index in [1.807, 2.05) is 17.9 Å². The Balaban J connectivity index is 1.42. The Morgan fingerprint density at radius 3 is 2.44 bits per heavy atom. The molecule has 2 saturated heterocycles. The van der Waals surface area contributed by atoms with E-state index in [2.05, 4.69) is 46.2 Å². The van der Waals surface area contributed by atoms with Gasteiger partial charge in [-0.1, -0.05) is 42.5 Å². The van der Waals surface area contributed by atoms with Gasteiger partial charge < -0.3 is 9.64 Å². The number of carbonyl (C=O) groups excluding carboxylic acids is 1. The minimum Gasteiger partial charge on any atom is -0.378 e. The Morgan fingerprint density at radius 2 is 1.76 bits per heavy atom. The molecule has 1 amide bonds. The third kappa shape index (κ3) is 5.14. The van der Waals surface area contributed by atoms with Crippen LogP contribution in [0.25, 0.3) is 6.08 Å². The maximum atomic E-state index is 12.6. The van der Waals surface area contributed by atoms with E-state index in [0.717, 1.165) is 45.8 Å². The summed E-state index contributed by atoms with van der Waals surface area (Å²) in [5, 5.41) is 0. The average Bonchev–Trinajstić information content (AvgIpc) is 2.69. The smallest absolute Gasteiger partial charge is 0.239 e. The van der Waals surface area contributed by atoms with Gasteiger partial charge in [0.15, 0.2) is 0 Å². The van der Waals surface area contributed by atoms with Gasteiger partial charge in [0.25, 0.3) is 0 Å². The summed E-state index contributed by atoms with van der Waals surface area (Å²) in [5.41, 5.74) is 1.24. The fraction of sp³-hybridized carbons (Fsp3) is 0.550. The molecule has 2 heterocycles. The van der Waals surface area contributed by atoms with Gasteiger partial charge in [0.2, 0.25) is 5.91 Å². The van der Waals surface area contributed by atoms with Crippen LogP contribution in [0.4, 0.5) is 0 Å². The highest BCUT2D eigenvalue weighted by molar-refractivity contribution is 5.81. The van der Waals surface area contributed by atoms with Gasteiger partial charge in [-0.05, 0) is 12.5 Å². The first-order valence-electron chi connectivity index (χ1n) is 9.28. The number of carbonyl (C=O) groups is 1. The third-order valence-electron chi connectivity index (χ3n) is 5.11. The molecular formula is C20H29N3O2. The van der Waals surface area contributed by atoms with Crippen molar-refractivity contribution in [3.05, 3.63) is 42.0 Å². The summed E-state index contributed by atoms with van der Waals surface area (Å²) in [6.45, 7) is 9.74. The fourth-order valence-electron chi connectivity index (χ4n) is 3.44. The van der Waals surface area contributed by atoms with Crippen LogP contribution in [-0.4, -0.2) is 85.7 Å². The second-order valence-electron chi connectivity index (χ2n) is 6.76. The minimum atomic E-state index is -0.0277. The second-order valence-corrected chi connectivity index (χ2v) is 6.76. The molecule has 0 radical (unpaired) electrons. The number of piperazine rings is 1. The average molecular weight is 343 g/mol. The summed E-state index contributed by atoms with van der Waals surface area (Å²) in [5.74, 6) is 0.251. The Bertz CT molecular complexity index is 562. The van der Waals surface area contributed by atoms with E-state index in [9.17, 15) is 4.79 Å². The molecule has 1 atom stereocenters. The van der Waals surface area contributed by atoms with Gasteiger partial charge in [-0.3, -0.25) is 14.6 Å². The van der Waals surface area contributed by atoms with Crippen molar-refractivity contribution < 1.29 is 9.53 Å². The molecule has 0 aromatic heterocycles. The molecule has 1 aromatic rings. The predicted octanol–water partition coefficient (Wildman–Crippen LogP) is 1.56. The van der Waals surface area contributed by atoms with Crippen molar-refractivity contribution in [2.24, 2.45) is 0 Å². The van der Waals surface area contributed by atoms with Crippen LogP contribution in [-0.2, 0) is 9.53 Å². The van der Waals surface area contributed by atoms with Crippen molar-refractivity contribution in [2.45, 2.75) is 13.0 Å². The normalized spacial score (nSPS) is 21.6. The predicted molar refractivity (Wildman–Crippen MR) is 100 cm³/mol. The summed E-state index contributed by atoms with van der Waals surface area (Å²) in [6.07, 6.45) is 4.41. The third-order valence-corrected chi connectivity index (χ3v) is 5.11. The molecule has 0 unspecified atom stereocenters. The maximum Gasteiger partial charge on any atom is 0.239 e. The highest BCUT2D eigenvalue weighted by Gasteiger charge is 2.29. The van der Waals surface area contributed by atoms with Crippen LogP contribution in [0.3, 0.4) is 0 Å². The monoisotopic (exact) mass is 343 g/mol. The molecule has 2 aliphatic heterocycles. The van der Waals surface area contributed by atoms with E-state index < -0.39 is 0 Å². The second kappa shape index (κ2) is 9.13. The summed E-state index contributed by atoms with van der Waals surface area (Å²) < 4.78 is 5.34. The first-order chi connectivity index (χ1) is 12.2. The van der Waals surface area contributed by atoms with Crippen LogP contribution in [0.2, 0.25) is 0 Å². The van der Waals surface area contributed by atoms with Gasteiger partial charge in [0.1, 0.15) is 0 Å². The molecular weight excluding hydrogens is 314 g/mol. The Morgan fingerprint density at radius 1 is 1.08 bits per heavy atom. The number of ether oxygens (including phenoxy) is 1. The molecule has 1 aromatic carbocycles. The van der Waals surface area contributed by atoms with Gasteiger partial charge in [-0.25, -0.2) is 0 Å². The molecule has 2 fully saturated rings. The molecule has 2 aliphatic rings. The first kappa shape index (κ1) is 18.1. The Labute approximate surface area is 150 Å². The maximum absolute atomic E-state index is 12.6. The standard InChI is InChI=1S/C20H29N3O2/c1-18(20(24)23-14-16-25-17-15-23)22-12-10-21(11-13-22)9-5-8-19-6-3-2-4-7-19/h2-8,18H,9-17H2,1H3/b8-5+/t18-/m0/s1. The fourth-order valence-corrected chi connectivity index (χ4v) is 3.44. The SMILES string of the molecule is C[C@@H](C(=O)N1CCOCC1)N1CCN(C/C=C/c2ccccc2)CC1. The lowest BCUT2D eigenvalue weighted by molar-refractivity contribution is -0.141. The molecule has 5 nitrogen and oxygen atoms in total. The summed E-state index contributed by atoms with van der Waals surface area (Å²) in [4.78, 5) is 19.3. The first-order valence-corrected chi connectivity index (χ1v) is 9.28. The minimum absolute atomic E-state index is 0.0277. The summed E-state index contributed by atoms with van der Waals surface area (Å²) in [7, 11) is 0. The van der Waals surface area contributed by atoms with Gasteiger partial charge in [0.05, 0.1) is 19.3 Å². The lowest BCUT2D eigenvalue weighted by Gasteiger charge is -2.39. The topological polar surface area (TPSA) is 36.0 Å². The zero-order valence-corrected chi connectivity index (χ0v) is 15.1. The van der Waals surface area contributed by atoms with E-state index in [0.29, 0.717) is 13.2 Å². The number of benzene rings is 1. The molecule has 136 valence electrons. The largest absolute Gasteiger partial charge is 0.378 e. The number of nitrogens with zero attached hydrogens (tertiary/aromatic N) is 3. The van der Waals surface area contributed by atoms with Crippen molar-refractivity contribution in [2.75, 3.05) is 59.0 Å². The highest BCUT2D eigenvalue weighted by atomic mass is 16.5. The van der Waals surface area contributed by atoms with Crippen LogP contribution >= 0.6 is 0 Å². The van der Waals surface area contributed by atoms with Crippen LogP contribution in [0.15, 0.2) is 36.4 Å². The number of rotatable bonds is 5. The molecule has 3 rings (SSSR count). The molecule has 0 N–H and O–H groups in total. The lowest BCUT2D eigenvalue weighted by Crippen LogP contribution is -2.55. The van der Waals surface area contributed by atoms with E-state index in [1.165, 1.54) is 5.56 Å². The van der Waals surface area contributed by atoms with E-state index in [1.54, 1.807) is 0 Å². The number of hydrogen-bond acceptors (Lipinski definition) is 4. The van der Waals surface area contributed by atoms with E-state index in [-0.39, 0.29) is 11.9 Å². The molecule has 0 spiro atoms. The molecule has 5 heteroatoms. The molecule has 25 heavy (non-hydrogen) atoms. The Kier molecular flexibility index (Phi) is 6.62. The van der Waals surface area contributed by atoms with Crippen molar-refractivity contribution >= 4 is 12.0 Å². The van der Waals surface area contributed by atoms with Gasteiger partial charge in [-0.2, -0.15) is 0 Å². The van der Waals surface area contributed by atoms with Crippen LogP contribution < -0.4 is 0 Å². The van der Waals surface area contributed by atoms with E-state index >= 15 is 0 Å². The van der Waals surface area contributed by atoms with Gasteiger partial charge in [-0.15, -0.1) is 0 Å². The van der Waals surface area contributed by atoms with Crippen LogP contribution in [0.1, 0.15) is 12.5 Å².